The molecule has 2 rings (SSSR count). The van der Waals surface area contributed by atoms with E-state index in [1.807, 2.05) is 12.3 Å². The molecule has 0 atom stereocenters. The van der Waals surface area contributed by atoms with Crippen LogP contribution in [0.1, 0.15) is 42.2 Å². The Bertz CT molecular complexity index is 435. The minimum Gasteiger partial charge on any atom is -0.461 e. The van der Waals surface area contributed by atoms with Crippen molar-refractivity contribution in [1.29, 1.82) is 0 Å². The molecule has 1 N–H and O–H groups in total. The van der Waals surface area contributed by atoms with E-state index >= 15 is 0 Å². The van der Waals surface area contributed by atoms with Crippen LogP contribution in [0.5, 0.6) is 0 Å². The Balaban J connectivity index is 1.88. The van der Waals surface area contributed by atoms with Gasteiger partial charge in [0.1, 0.15) is 0 Å². The van der Waals surface area contributed by atoms with Gasteiger partial charge in [-0.1, -0.05) is 0 Å². The number of aromatic nitrogens is 1. The van der Waals surface area contributed by atoms with Crippen molar-refractivity contribution < 1.29 is 14.6 Å². The zero-order chi connectivity index (χ0) is 13.9. The van der Waals surface area contributed by atoms with E-state index in [2.05, 4.69) is 9.88 Å². The molecule has 19 heavy (non-hydrogen) atoms. The third-order valence-electron chi connectivity index (χ3n) is 3.32. The summed E-state index contributed by atoms with van der Waals surface area (Å²) in [6, 6.07) is 0. The molecular formula is C13H20N2O3S. The Hall–Kier alpha value is -0.980. The van der Waals surface area contributed by atoms with Gasteiger partial charge in [-0.3, -0.25) is 4.90 Å². The highest BCUT2D eigenvalue weighted by molar-refractivity contribution is 7.11. The van der Waals surface area contributed by atoms with Gasteiger partial charge in [0.25, 0.3) is 0 Å². The van der Waals surface area contributed by atoms with Crippen LogP contribution in [0.4, 0.5) is 0 Å². The minimum absolute atomic E-state index is 0.347. The summed E-state index contributed by atoms with van der Waals surface area (Å²) in [5.74, 6) is -0.347. The van der Waals surface area contributed by atoms with Crippen molar-refractivity contribution in [1.82, 2.24) is 9.88 Å². The molecule has 0 saturated carbocycles. The van der Waals surface area contributed by atoms with Gasteiger partial charge in [0, 0.05) is 25.0 Å². The Morgan fingerprint density at radius 3 is 2.89 bits per heavy atom. The summed E-state index contributed by atoms with van der Waals surface area (Å²) in [4.78, 5) is 18.1. The number of nitrogens with zero attached hydrogens (tertiary/aromatic N) is 2. The first kappa shape index (κ1) is 14.4. The van der Waals surface area contributed by atoms with Crippen LogP contribution >= 0.6 is 11.3 Å². The van der Waals surface area contributed by atoms with Crippen molar-refractivity contribution in [2.45, 2.75) is 38.8 Å². The Kier molecular flexibility index (Phi) is 4.54. The molecule has 1 aromatic rings. The highest BCUT2D eigenvalue weighted by atomic mass is 32.1. The summed E-state index contributed by atoms with van der Waals surface area (Å²) in [6.45, 7) is 6.48. The molecule has 0 aliphatic carbocycles. The van der Waals surface area contributed by atoms with Crippen LogP contribution < -0.4 is 0 Å². The van der Waals surface area contributed by atoms with E-state index in [1.165, 1.54) is 11.3 Å². The summed E-state index contributed by atoms with van der Waals surface area (Å²) in [7, 11) is 0. The fraction of sp³-hybridized carbons (Fsp3) is 0.692. The molecule has 1 fully saturated rings. The topological polar surface area (TPSA) is 62.7 Å². The van der Waals surface area contributed by atoms with E-state index in [1.54, 1.807) is 6.92 Å². The maximum atomic E-state index is 11.5. The molecule has 6 heteroatoms. The lowest BCUT2D eigenvalue weighted by molar-refractivity contribution is -0.00754. The second-order valence-electron chi connectivity index (χ2n) is 5.14. The molecule has 0 spiro atoms. The standard InChI is InChI=1S/C13H20N2O3S/c1-3-18-12(16)11-14-10(9-19-11)8-15-6-4-13(2,17)5-7-15/h9,17H,3-8H2,1-2H3. The number of carbonyl (C=O) groups excluding carboxylic acids is 1. The van der Waals surface area contributed by atoms with Gasteiger partial charge in [0.15, 0.2) is 0 Å². The van der Waals surface area contributed by atoms with Crippen molar-refractivity contribution >= 4 is 17.3 Å². The predicted octanol–water partition coefficient (Wildman–Crippen LogP) is 1.67. The summed E-state index contributed by atoms with van der Waals surface area (Å²) >= 11 is 1.32. The lowest BCUT2D eigenvalue weighted by Crippen LogP contribution is -2.42. The third kappa shape index (κ3) is 3.99. The van der Waals surface area contributed by atoms with Gasteiger partial charge in [0.2, 0.25) is 5.01 Å². The molecule has 0 unspecified atom stereocenters. The Morgan fingerprint density at radius 1 is 1.58 bits per heavy atom. The van der Waals surface area contributed by atoms with E-state index in [-0.39, 0.29) is 5.97 Å². The largest absolute Gasteiger partial charge is 0.461 e. The van der Waals surface area contributed by atoms with Crippen LogP contribution in [0.3, 0.4) is 0 Å². The maximum Gasteiger partial charge on any atom is 0.367 e. The lowest BCUT2D eigenvalue weighted by Gasteiger charge is -2.35. The fourth-order valence-corrected chi connectivity index (χ4v) is 2.79. The van der Waals surface area contributed by atoms with E-state index < -0.39 is 5.60 Å². The molecule has 0 bridgehead atoms. The van der Waals surface area contributed by atoms with Gasteiger partial charge in [0.05, 0.1) is 17.9 Å². The summed E-state index contributed by atoms with van der Waals surface area (Å²) in [6.07, 6.45) is 1.56. The number of hydrogen-bond acceptors (Lipinski definition) is 6. The summed E-state index contributed by atoms with van der Waals surface area (Å²) in [5, 5.41) is 12.2. The highest BCUT2D eigenvalue weighted by Crippen LogP contribution is 2.22. The van der Waals surface area contributed by atoms with Crippen molar-refractivity contribution in [2.24, 2.45) is 0 Å². The normalized spacial score (nSPS) is 19.3. The molecule has 1 saturated heterocycles. The molecule has 1 aliphatic rings. The zero-order valence-corrected chi connectivity index (χ0v) is 12.2. The molecule has 106 valence electrons. The zero-order valence-electron chi connectivity index (χ0n) is 11.4. The molecular weight excluding hydrogens is 264 g/mol. The van der Waals surface area contributed by atoms with Gasteiger partial charge < -0.3 is 9.84 Å². The number of carbonyl (C=O) groups is 1. The predicted molar refractivity (Wildman–Crippen MR) is 73.2 cm³/mol. The van der Waals surface area contributed by atoms with Crippen LogP contribution in [0.2, 0.25) is 0 Å². The van der Waals surface area contributed by atoms with Gasteiger partial charge in [-0.25, -0.2) is 9.78 Å². The number of rotatable bonds is 4. The number of esters is 1. The van der Waals surface area contributed by atoms with Crippen molar-refractivity contribution in [3.05, 3.63) is 16.1 Å². The molecule has 1 aromatic heterocycles. The lowest BCUT2D eigenvalue weighted by atomic mass is 9.94. The highest BCUT2D eigenvalue weighted by Gasteiger charge is 2.27. The molecule has 5 nitrogen and oxygen atoms in total. The molecule has 0 amide bonds. The fourth-order valence-electron chi connectivity index (χ4n) is 2.09. The van der Waals surface area contributed by atoms with Crippen LogP contribution in [-0.2, 0) is 11.3 Å². The van der Waals surface area contributed by atoms with E-state index in [0.29, 0.717) is 11.6 Å². The average molecular weight is 284 g/mol. The monoisotopic (exact) mass is 284 g/mol. The van der Waals surface area contributed by atoms with E-state index in [9.17, 15) is 9.90 Å². The van der Waals surface area contributed by atoms with Crippen molar-refractivity contribution in [2.75, 3.05) is 19.7 Å². The van der Waals surface area contributed by atoms with Gasteiger partial charge in [-0.15, -0.1) is 11.3 Å². The smallest absolute Gasteiger partial charge is 0.367 e. The third-order valence-corrected chi connectivity index (χ3v) is 4.19. The first-order chi connectivity index (χ1) is 9.00. The summed E-state index contributed by atoms with van der Waals surface area (Å²) < 4.78 is 4.92. The van der Waals surface area contributed by atoms with Crippen LogP contribution in [0, 0.1) is 0 Å². The minimum atomic E-state index is -0.533. The molecule has 0 aromatic carbocycles. The number of likely N-dealkylation sites (tertiary alicyclic amines) is 1. The Labute approximate surface area is 117 Å². The van der Waals surface area contributed by atoms with Crippen molar-refractivity contribution in [3.8, 4) is 0 Å². The maximum absolute atomic E-state index is 11.5. The van der Waals surface area contributed by atoms with Gasteiger partial charge >= 0.3 is 5.97 Å². The number of aliphatic hydroxyl groups is 1. The van der Waals surface area contributed by atoms with Gasteiger partial charge in [-0.2, -0.15) is 0 Å². The second-order valence-corrected chi connectivity index (χ2v) is 6.00. The number of hydrogen-bond donors (Lipinski definition) is 1. The molecule has 1 aliphatic heterocycles. The first-order valence-electron chi connectivity index (χ1n) is 6.56. The average Bonchev–Trinajstić information content (AvgIpc) is 2.81. The molecule has 0 radical (unpaired) electrons. The Morgan fingerprint density at radius 2 is 2.26 bits per heavy atom. The molecule has 2 heterocycles. The number of piperidine rings is 1. The van der Waals surface area contributed by atoms with E-state index in [4.69, 9.17) is 4.74 Å². The summed E-state index contributed by atoms with van der Waals surface area (Å²) in [5.41, 5.74) is 0.365. The SMILES string of the molecule is CCOC(=O)c1nc(CN2CCC(C)(O)CC2)cs1. The van der Waals surface area contributed by atoms with Crippen LogP contribution in [-0.4, -0.2) is 46.3 Å². The number of ether oxygens (including phenoxy) is 1. The van der Waals surface area contributed by atoms with Crippen molar-refractivity contribution in [3.63, 3.8) is 0 Å². The van der Waals surface area contributed by atoms with Gasteiger partial charge in [-0.05, 0) is 26.7 Å². The number of thiazole rings is 1. The second kappa shape index (κ2) is 5.98. The van der Waals surface area contributed by atoms with E-state index in [0.717, 1.165) is 38.2 Å². The van der Waals surface area contributed by atoms with Crippen LogP contribution in [0.25, 0.3) is 0 Å². The quantitative estimate of drug-likeness (QED) is 0.852. The van der Waals surface area contributed by atoms with Crippen LogP contribution in [0.15, 0.2) is 5.38 Å². The first-order valence-corrected chi connectivity index (χ1v) is 7.44.